The molecule has 1 aliphatic rings. The highest BCUT2D eigenvalue weighted by Crippen LogP contribution is 2.24. The number of aromatic nitrogens is 1. The third-order valence-corrected chi connectivity index (χ3v) is 6.18. The summed E-state index contributed by atoms with van der Waals surface area (Å²) >= 11 is 1.78. The second kappa shape index (κ2) is 11.6. The molecule has 1 fully saturated rings. The van der Waals surface area contributed by atoms with Crippen LogP contribution >= 0.6 is 35.3 Å². The number of guanidine groups is 1. The van der Waals surface area contributed by atoms with Gasteiger partial charge in [0.15, 0.2) is 5.96 Å². The number of aryl methyl sites for hydroxylation is 2. The number of nitrogens with one attached hydrogen (secondary N) is 2. The largest absolute Gasteiger partial charge is 0.497 e. The molecule has 0 spiro atoms. The number of halogens is 1. The minimum atomic E-state index is 0. The Morgan fingerprint density at radius 1 is 1.38 bits per heavy atom. The molecule has 0 amide bonds. The van der Waals surface area contributed by atoms with E-state index in [1.165, 1.54) is 10.6 Å². The minimum absolute atomic E-state index is 0. The normalized spacial score (nSPS) is 16.9. The van der Waals surface area contributed by atoms with Gasteiger partial charge >= 0.3 is 0 Å². The Balaban J connectivity index is 0.00000300. The van der Waals surface area contributed by atoms with Crippen molar-refractivity contribution in [2.24, 2.45) is 4.99 Å². The molecule has 2 N–H and O–H groups in total. The summed E-state index contributed by atoms with van der Waals surface area (Å²) in [6, 6.07) is 8.67. The molecule has 1 unspecified atom stereocenters. The van der Waals surface area contributed by atoms with Gasteiger partial charge in [-0.15, -0.1) is 35.3 Å². The highest BCUT2D eigenvalue weighted by molar-refractivity contribution is 14.0. The van der Waals surface area contributed by atoms with Crippen LogP contribution in [-0.2, 0) is 6.42 Å². The van der Waals surface area contributed by atoms with Crippen molar-refractivity contribution in [3.63, 3.8) is 0 Å². The van der Waals surface area contributed by atoms with Gasteiger partial charge in [0.1, 0.15) is 5.75 Å². The van der Waals surface area contributed by atoms with E-state index >= 15 is 0 Å². The van der Waals surface area contributed by atoms with Crippen LogP contribution in [0.3, 0.4) is 0 Å². The summed E-state index contributed by atoms with van der Waals surface area (Å²) in [5.41, 5.74) is 2.36. The molecule has 0 aliphatic carbocycles. The molecule has 0 saturated carbocycles. The molecule has 29 heavy (non-hydrogen) atoms. The number of anilines is 1. The molecular weight excluding hydrogens is 497 g/mol. The maximum atomic E-state index is 5.37. The second-order valence-electron chi connectivity index (χ2n) is 7.12. The van der Waals surface area contributed by atoms with Gasteiger partial charge in [-0.1, -0.05) is 6.07 Å². The van der Waals surface area contributed by atoms with Crippen LogP contribution < -0.4 is 20.3 Å². The summed E-state index contributed by atoms with van der Waals surface area (Å²) in [7, 11) is 3.55. The molecular formula is C21H32IN5OS. The Labute approximate surface area is 195 Å². The molecule has 1 aromatic carbocycles. The van der Waals surface area contributed by atoms with Crippen LogP contribution in [0.2, 0.25) is 0 Å². The monoisotopic (exact) mass is 529 g/mol. The lowest BCUT2D eigenvalue weighted by Crippen LogP contribution is -2.51. The van der Waals surface area contributed by atoms with Gasteiger partial charge in [-0.3, -0.25) is 4.99 Å². The molecule has 160 valence electrons. The number of benzene rings is 1. The van der Waals surface area contributed by atoms with Crippen molar-refractivity contribution < 1.29 is 4.74 Å². The van der Waals surface area contributed by atoms with Crippen LogP contribution in [0.25, 0.3) is 0 Å². The SMILES string of the molecule is CN=C(NCCc1sc(C)nc1C)NC1CCCN(c2cccc(OC)c2)C1.I. The summed E-state index contributed by atoms with van der Waals surface area (Å²) in [5, 5.41) is 8.18. The van der Waals surface area contributed by atoms with Crippen LogP contribution in [0, 0.1) is 13.8 Å². The third-order valence-electron chi connectivity index (χ3n) is 5.05. The van der Waals surface area contributed by atoms with Crippen LogP contribution in [-0.4, -0.2) is 50.8 Å². The number of aliphatic imine (C=N–C) groups is 1. The van der Waals surface area contributed by atoms with E-state index in [9.17, 15) is 0 Å². The minimum Gasteiger partial charge on any atom is -0.497 e. The third kappa shape index (κ3) is 6.74. The maximum Gasteiger partial charge on any atom is 0.191 e. The Hall–Kier alpha value is -1.55. The molecule has 1 saturated heterocycles. The van der Waals surface area contributed by atoms with E-state index in [2.05, 4.69) is 57.6 Å². The van der Waals surface area contributed by atoms with Crippen molar-refractivity contribution in [3.8, 4) is 5.75 Å². The zero-order valence-corrected chi connectivity index (χ0v) is 20.8. The van der Waals surface area contributed by atoms with E-state index in [4.69, 9.17) is 4.74 Å². The number of hydrogen-bond acceptors (Lipinski definition) is 5. The fourth-order valence-electron chi connectivity index (χ4n) is 3.62. The first-order chi connectivity index (χ1) is 13.6. The van der Waals surface area contributed by atoms with E-state index in [1.54, 1.807) is 18.4 Å². The van der Waals surface area contributed by atoms with Gasteiger partial charge in [0.25, 0.3) is 0 Å². The molecule has 1 atom stereocenters. The van der Waals surface area contributed by atoms with Crippen molar-refractivity contribution >= 4 is 47.0 Å². The summed E-state index contributed by atoms with van der Waals surface area (Å²) < 4.78 is 5.37. The molecule has 8 heteroatoms. The first-order valence-electron chi connectivity index (χ1n) is 9.88. The van der Waals surface area contributed by atoms with Crippen molar-refractivity contribution in [2.75, 3.05) is 38.7 Å². The van der Waals surface area contributed by atoms with Crippen molar-refractivity contribution in [2.45, 2.75) is 39.2 Å². The maximum absolute atomic E-state index is 5.37. The number of piperidine rings is 1. The standard InChI is InChI=1S/C21H31N5OS.HI/c1-15-20(28-16(2)24-15)10-11-23-21(22-3)25-17-7-6-12-26(14-17)18-8-5-9-19(13-18)27-4;/h5,8-9,13,17H,6-7,10-12,14H2,1-4H3,(H2,22,23,25);1H. The van der Waals surface area contributed by atoms with Crippen molar-refractivity contribution in [1.29, 1.82) is 0 Å². The first kappa shape index (κ1) is 23.7. The summed E-state index contributed by atoms with van der Waals surface area (Å²) in [4.78, 5) is 12.7. The van der Waals surface area contributed by atoms with Crippen molar-refractivity contribution in [3.05, 3.63) is 39.8 Å². The lowest BCUT2D eigenvalue weighted by atomic mass is 10.0. The van der Waals surface area contributed by atoms with Crippen LogP contribution in [0.15, 0.2) is 29.3 Å². The average molecular weight is 529 g/mol. The van der Waals surface area contributed by atoms with Gasteiger partial charge < -0.3 is 20.3 Å². The molecule has 0 bridgehead atoms. The quantitative estimate of drug-likeness (QED) is 0.339. The predicted molar refractivity (Wildman–Crippen MR) is 133 cm³/mol. The molecule has 0 radical (unpaired) electrons. The second-order valence-corrected chi connectivity index (χ2v) is 8.41. The highest BCUT2D eigenvalue weighted by Gasteiger charge is 2.21. The van der Waals surface area contributed by atoms with E-state index in [1.807, 2.05) is 13.1 Å². The average Bonchev–Trinajstić information content (AvgIpc) is 3.04. The van der Waals surface area contributed by atoms with Gasteiger partial charge in [0.2, 0.25) is 0 Å². The van der Waals surface area contributed by atoms with E-state index < -0.39 is 0 Å². The molecule has 1 aliphatic heterocycles. The molecule has 2 heterocycles. The zero-order valence-electron chi connectivity index (χ0n) is 17.7. The Bertz CT molecular complexity index is 810. The van der Waals surface area contributed by atoms with Crippen LogP contribution in [0.1, 0.15) is 28.4 Å². The van der Waals surface area contributed by atoms with Gasteiger partial charge in [0, 0.05) is 55.8 Å². The summed E-state index contributed by atoms with van der Waals surface area (Å²) in [6.45, 7) is 7.03. The topological polar surface area (TPSA) is 61.8 Å². The van der Waals surface area contributed by atoms with E-state index in [-0.39, 0.29) is 24.0 Å². The zero-order chi connectivity index (χ0) is 19.9. The number of nitrogens with zero attached hydrogens (tertiary/aromatic N) is 3. The Morgan fingerprint density at radius 2 is 2.21 bits per heavy atom. The summed E-state index contributed by atoms with van der Waals surface area (Å²) in [5.74, 6) is 1.77. The van der Waals surface area contributed by atoms with Gasteiger partial charge in [-0.25, -0.2) is 4.98 Å². The van der Waals surface area contributed by atoms with Gasteiger partial charge in [-0.2, -0.15) is 0 Å². The lowest BCUT2D eigenvalue weighted by Gasteiger charge is -2.35. The van der Waals surface area contributed by atoms with E-state index in [0.29, 0.717) is 6.04 Å². The first-order valence-corrected chi connectivity index (χ1v) is 10.7. The number of methoxy groups -OCH3 is 1. The number of ether oxygens (including phenoxy) is 1. The Kier molecular flexibility index (Phi) is 9.48. The Morgan fingerprint density at radius 3 is 2.90 bits per heavy atom. The molecule has 1 aromatic heterocycles. The van der Waals surface area contributed by atoms with Gasteiger partial charge in [0.05, 0.1) is 17.8 Å². The number of rotatable bonds is 6. The highest BCUT2D eigenvalue weighted by atomic mass is 127. The summed E-state index contributed by atoms with van der Waals surface area (Å²) in [6.07, 6.45) is 3.28. The lowest BCUT2D eigenvalue weighted by molar-refractivity contribution is 0.414. The fourth-order valence-corrected chi connectivity index (χ4v) is 4.56. The molecule has 6 nitrogen and oxygen atoms in total. The molecule has 2 aromatic rings. The van der Waals surface area contributed by atoms with Gasteiger partial charge in [-0.05, 0) is 38.8 Å². The number of thiazole rings is 1. The fraction of sp³-hybridized carbons (Fsp3) is 0.524. The van der Waals surface area contributed by atoms with Crippen molar-refractivity contribution in [1.82, 2.24) is 15.6 Å². The number of hydrogen-bond donors (Lipinski definition) is 2. The van der Waals surface area contributed by atoms with E-state index in [0.717, 1.165) is 61.3 Å². The van der Waals surface area contributed by atoms with Crippen LogP contribution in [0.4, 0.5) is 5.69 Å². The smallest absolute Gasteiger partial charge is 0.191 e. The predicted octanol–water partition coefficient (Wildman–Crippen LogP) is 3.76. The van der Waals surface area contributed by atoms with Crippen LogP contribution in [0.5, 0.6) is 5.75 Å². The molecule has 3 rings (SSSR count).